The summed E-state index contributed by atoms with van der Waals surface area (Å²) in [6.45, 7) is 37.9. The van der Waals surface area contributed by atoms with E-state index in [1.54, 1.807) is 5.28 Å². The monoisotopic (exact) mass is 913 g/mol. The van der Waals surface area contributed by atoms with E-state index in [4.69, 9.17) is 29.2 Å². The summed E-state index contributed by atoms with van der Waals surface area (Å²) < 4.78 is 13.5. The van der Waals surface area contributed by atoms with Gasteiger partial charge in [0.25, 0.3) is 0 Å². The number of aliphatic imine (C=N–C) groups is 1. The second-order valence-electron chi connectivity index (χ2n) is 25.3. The van der Waals surface area contributed by atoms with Gasteiger partial charge in [0.2, 0.25) is 11.8 Å². The molecule has 0 unspecified atom stereocenters. The van der Waals surface area contributed by atoms with Crippen LogP contribution in [0.2, 0.25) is 0 Å². The van der Waals surface area contributed by atoms with Gasteiger partial charge in [-0.2, -0.15) is 0 Å². The number of likely N-dealkylation sites (tertiary alicyclic amines) is 4. The summed E-state index contributed by atoms with van der Waals surface area (Å²) in [5.41, 5.74) is 9.98. The molecular weight excluding hydrogens is 821 g/mol. The summed E-state index contributed by atoms with van der Waals surface area (Å²) >= 11 is 0. The Labute approximate surface area is 394 Å². The molecule has 4 saturated heterocycles. The van der Waals surface area contributed by atoms with Crippen molar-refractivity contribution in [2.24, 2.45) is 10.1 Å². The maximum Gasteiger partial charge on any atom is 0.239 e. The molecule has 6 aliphatic heterocycles. The van der Waals surface area contributed by atoms with E-state index in [9.17, 15) is 0 Å². The minimum absolute atomic E-state index is 0.00207. The zero-order valence-corrected chi connectivity index (χ0v) is 44.5. The predicted molar refractivity (Wildman–Crippen MR) is 262 cm³/mol. The van der Waals surface area contributed by atoms with Crippen LogP contribution in [0.15, 0.2) is 33.9 Å². The van der Waals surface area contributed by atoms with E-state index in [0.717, 1.165) is 63.6 Å². The maximum absolute atomic E-state index is 6.79. The lowest BCUT2D eigenvalue weighted by molar-refractivity contribution is -0.275. The van der Waals surface area contributed by atoms with E-state index in [-0.39, 0.29) is 68.7 Å². The predicted octanol–water partition coefficient (Wildman–Crippen LogP) is 7.01. The zero-order valence-electron chi connectivity index (χ0n) is 44.5. The van der Waals surface area contributed by atoms with E-state index in [2.05, 4.69) is 180 Å². The number of nitrogens with zero attached hydrogens (tertiary/aromatic N) is 8. The van der Waals surface area contributed by atoms with E-state index < -0.39 is 0 Å². The van der Waals surface area contributed by atoms with Gasteiger partial charge < -0.3 is 14.8 Å². The summed E-state index contributed by atoms with van der Waals surface area (Å²) in [4.78, 5) is 28.3. The van der Waals surface area contributed by atoms with Crippen LogP contribution in [0, 0.1) is 0 Å². The molecule has 0 aliphatic carbocycles. The molecule has 6 rings (SSSR count). The maximum atomic E-state index is 6.79. The van der Waals surface area contributed by atoms with Crippen molar-refractivity contribution in [1.82, 2.24) is 51.8 Å². The number of nitrogens with one attached hydrogen (secondary N) is 4. The molecule has 0 amide bonds. The lowest BCUT2D eigenvalue weighted by Gasteiger charge is -2.54. The molecule has 65 heavy (non-hydrogen) atoms. The number of hydrazone groups is 1. The number of ether oxygens (including phenoxy) is 2. The average Bonchev–Trinajstić information content (AvgIpc) is 3.13. The molecule has 0 aromatic heterocycles. The van der Waals surface area contributed by atoms with Gasteiger partial charge in [0.05, 0.1) is 12.2 Å². The van der Waals surface area contributed by atoms with Crippen LogP contribution in [0.1, 0.15) is 169 Å². The molecule has 6 heterocycles. The van der Waals surface area contributed by atoms with Gasteiger partial charge in [0, 0.05) is 101 Å². The van der Waals surface area contributed by atoms with Gasteiger partial charge in [-0.3, -0.25) is 34.9 Å². The number of rotatable bonds is 12. The minimum Gasteiger partial charge on any atom is -0.475 e. The van der Waals surface area contributed by atoms with E-state index >= 15 is 0 Å². The van der Waals surface area contributed by atoms with E-state index in [0.29, 0.717) is 30.7 Å². The van der Waals surface area contributed by atoms with Gasteiger partial charge in [-0.25, -0.2) is 15.7 Å². The van der Waals surface area contributed by atoms with Gasteiger partial charge >= 0.3 is 0 Å². The Morgan fingerprint density at radius 3 is 1.38 bits per heavy atom. The second-order valence-corrected chi connectivity index (χ2v) is 25.3. The number of hydrogen-bond donors (Lipinski definition) is 4. The molecule has 0 atom stereocenters. The molecule has 0 saturated carbocycles. The largest absolute Gasteiger partial charge is 0.475 e. The highest BCUT2D eigenvalue weighted by Gasteiger charge is 2.48. The van der Waals surface area contributed by atoms with Crippen molar-refractivity contribution in [3.63, 3.8) is 0 Å². The molecule has 0 aromatic carbocycles. The third kappa shape index (κ3) is 12.1. The van der Waals surface area contributed by atoms with Gasteiger partial charge in [0.15, 0.2) is 0 Å². The topological polar surface area (TPSA) is 129 Å². The third-order valence-electron chi connectivity index (χ3n) is 16.5. The molecule has 0 radical (unpaired) electrons. The highest BCUT2D eigenvalue weighted by atomic mass is 16.8. The highest BCUT2D eigenvalue weighted by molar-refractivity contribution is 5.93. The summed E-state index contributed by atoms with van der Waals surface area (Å²) in [7, 11) is 8.86. The molecule has 0 aromatic rings. The summed E-state index contributed by atoms with van der Waals surface area (Å²) in [6, 6.07) is 0. The standard InChI is InChI=1S/C49H92N12O4/c1-42(2)26-34(27-43(3,4)56(42)17)62-40-24-38(52-60(54-40)64-36-30-46(9,10)58(19)47(11,12)31-36)50-22-21-23-51-39-25-41(63-35-28-44(5,6)57(18)45(7,8)29-35)55-61(53-39)65-37-32-48(13,14)59(20)49(15,16)33-37/h24-25,34-37,50,52,55H,21-23,26-33H2,1-20H3,(H,51,53). The molecular formula is C49H92N12O4. The van der Waals surface area contributed by atoms with Crippen molar-refractivity contribution in [3.8, 4) is 0 Å². The molecule has 372 valence electrons. The van der Waals surface area contributed by atoms with Crippen LogP contribution in [0.3, 0.4) is 0 Å². The van der Waals surface area contributed by atoms with Crippen LogP contribution >= 0.6 is 0 Å². The van der Waals surface area contributed by atoms with E-state index in [1.807, 2.05) is 12.2 Å². The fourth-order valence-electron chi connectivity index (χ4n) is 11.8. The molecule has 16 heteroatoms. The second kappa shape index (κ2) is 18.2. The fourth-order valence-corrected chi connectivity index (χ4v) is 11.8. The molecule has 0 bridgehead atoms. The summed E-state index contributed by atoms with van der Waals surface area (Å²) in [5.74, 6) is 2.61. The van der Waals surface area contributed by atoms with Gasteiger partial charge in [-0.15, -0.1) is 0 Å². The van der Waals surface area contributed by atoms with Crippen molar-refractivity contribution >= 4 is 11.7 Å². The Kier molecular flexibility index (Phi) is 14.5. The van der Waals surface area contributed by atoms with Crippen LogP contribution in [-0.2, 0) is 19.1 Å². The first-order valence-corrected chi connectivity index (χ1v) is 24.5. The first-order chi connectivity index (χ1) is 29.7. The van der Waals surface area contributed by atoms with Crippen molar-refractivity contribution in [1.29, 1.82) is 0 Å². The lowest BCUT2D eigenvalue weighted by atomic mass is 9.79. The number of piperidine rings is 4. The Morgan fingerprint density at radius 2 is 0.938 bits per heavy atom. The van der Waals surface area contributed by atoms with Gasteiger partial charge in [-0.05, 0) is 171 Å². The molecule has 0 spiro atoms. The fraction of sp³-hybridized carbons (Fsp3) is 0.878. The van der Waals surface area contributed by atoms with Gasteiger partial charge in [0.1, 0.15) is 23.9 Å². The Hall–Kier alpha value is -2.86. The quantitative estimate of drug-likeness (QED) is 0.150. The van der Waals surface area contributed by atoms with Crippen molar-refractivity contribution in [2.75, 3.05) is 41.3 Å². The number of hydrazine groups is 3. The van der Waals surface area contributed by atoms with Crippen molar-refractivity contribution < 1.29 is 19.1 Å². The Bertz CT molecular complexity index is 1750. The van der Waals surface area contributed by atoms with Crippen LogP contribution in [0.5, 0.6) is 0 Å². The average molecular weight is 913 g/mol. The van der Waals surface area contributed by atoms with Crippen LogP contribution in [0.4, 0.5) is 0 Å². The molecule has 4 fully saturated rings. The van der Waals surface area contributed by atoms with Crippen LogP contribution < -0.4 is 21.6 Å². The first kappa shape index (κ1) is 51.5. The summed E-state index contributed by atoms with van der Waals surface area (Å²) in [5, 5.41) is 11.6. The van der Waals surface area contributed by atoms with Crippen molar-refractivity contribution in [3.05, 3.63) is 23.9 Å². The normalized spacial score (nSPS) is 29.5. The minimum atomic E-state index is -0.0390. The molecule has 16 nitrogen and oxygen atoms in total. The van der Waals surface area contributed by atoms with Crippen LogP contribution in [0.25, 0.3) is 0 Å². The van der Waals surface area contributed by atoms with E-state index in [1.165, 1.54) is 5.28 Å². The lowest BCUT2D eigenvalue weighted by Crippen LogP contribution is -2.63. The number of amidine groups is 1. The summed E-state index contributed by atoms with van der Waals surface area (Å²) in [6.07, 6.45) is 11.8. The SMILES string of the molecule is CN1C(C)(C)CC(OC2=CC(=NCCCNC3=CC(OC4CC(C)(C)N(C)C(C)(C)C4)=NN(OC4CC(C)(C)N(C)C(C)(C)C4)N3)NN(OC3CC(C)(C)N(C)C(C)(C)C3)N2)CC1(C)C. The highest BCUT2D eigenvalue weighted by Crippen LogP contribution is 2.42. The molecule has 6 aliphatic rings. The smallest absolute Gasteiger partial charge is 0.239 e. The van der Waals surface area contributed by atoms with Gasteiger partial charge in [-0.1, -0.05) is 10.4 Å². The Balaban J connectivity index is 1.14. The first-order valence-electron chi connectivity index (χ1n) is 24.5. The Morgan fingerprint density at radius 1 is 0.538 bits per heavy atom. The number of hydrogen-bond acceptors (Lipinski definition) is 15. The van der Waals surface area contributed by atoms with Crippen LogP contribution in [-0.4, -0.2) is 152 Å². The molecule has 4 N–H and O–H groups in total. The third-order valence-corrected chi connectivity index (χ3v) is 16.5. The van der Waals surface area contributed by atoms with Crippen molar-refractivity contribution in [2.45, 2.75) is 237 Å². The zero-order chi connectivity index (χ0) is 48.3.